The van der Waals surface area contributed by atoms with Crippen molar-refractivity contribution in [1.82, 2.24) is 9.88 Å². The fourth-order valence-corrected chi connectivity index (χ4v) is 2.00. The van der Waals surface area contributed by atoms with Crippen LogP contribution in [0.15, 0.2) is 30.3 Å². The Hall–Kier alpha value is -1.79. The number of nitrogen functional groups attached to an aromatic ring is 1. The Morgan fingerprint density at radius 2 is 2.11 bits per heavy atom. The first-order valence-electron chi connectivity index (χ1n) is 5.92. The number of nitrogens with one attached hydrogen (secondary N) is 1. The average molecular weight is 266 g/mol. The number of aromatic nitrogens is 1. The van der Waals surface area contributed by atoms with E-state index < -0.39 is 6.43 Å². The van der Waals surface area contributed by atoms with Crippen LogP contribution in [0.4, 0.5) is 14.6 Å². The summed E-state index contributed by atoms with van der Waals surface area (Å²) in [5.74, 6) is 5.95. The summed E-state index contributed by atoms with van der Waals surface area (Å²) in [7, 11) is 1.64. The maximum atomic E-state index is 12.3. The Morgan fingerprint density at radius 3 is 2.79 bits per heavy atom. The highest BCUT2D eigenvalue weighted by Crippen LogP contribution is 2.21. The maximum Gasteiger partial charge on any atom is 0.251 e. The predicted octanol–water partition coefficient (Wildman–Crippen LogP) is 2.22. The van der Waals surface area contributed by atoms with Crippen molar-refractivity contribution in [3.05, 3.63) is 35.9 Å². The molecule has 2 aromatic rings. The fourth-order valence-electron chi connectivity index (χ4n) is 2.00. The van der Waals surface area contributed by atoms with Crippen LogP contribution in [0.5, 0.6) is 0 Å². The van der Waals surface area contributed by atoms with Crippen LogP contribution in [0.3, 0.4) is 0 Å². The lowest BCUT2D eigenvalue weighted by molar-refractivity contribution is 0.0976. The smallest absolute Gasteiger partial charge is 0.251 e. The number of para-hydroxylation sites is 1. The summed E-state index contributed by atoms with van der Waals surface area (Å²) in [6.07, 6.45) is -2.35. The molecule has 0 atom stereocenters. The molecule has 0 saturated heterocycles. The summed E-state index contributed by atoms with van der Waals surface area (Å²) < 4.78 is 24.7. The summed E-state index contributed by atoms with van der Waals surface area (Å²) in [5.41, 5.74) is 4.13. The first-order chi connectivity index (χ1) is 9.10. The van der Waals surface area contributed by atoms with E-state index in [0.29, 0.717) is 12.4 Å². The molecule has 0 fully saturated rings. The van der Waals surface area contributed by atoms with Crippen molar-refractivity contribution in [1.29, 1.82) is 0 Å². The molecule has 0 unspecified atom stereocenters. The zero-order valence-corrected chi connectivity index (χ0v) is 10.6. The van der Waals surface area contributed by atoms with Gasteiger partial charge in [0.1, 0.15) is 5.82 Å². The molecule has 1 heterocycles. The fraction of sp³-hybridized carbons (Fsp3) is 0.308. The first kappa shape index (κ1) is 13.6. The summed E-state index contributed by atoms with van der Waals surface area (Å²) in [4.78, 5) is 5.91. The third-order valence-corrected chi connectivity index (χ3v) is 2.83. The molecule has 102 valence electrons. The van der Waals surface area contributed by atoms with Gasteiger partial charge in [0.25, 0.3) is 6.43 Å². The highest BCUT2D eigenvalue weighted by atomic mass is 19.3. The van der Waals surface area contributed by atoms with Gasteiger partial charge < -0.3 is 5.43 Å². The molecule has 0 aliphatic heterocycles. The zero-order chi connectivity index (χ0) is 13.8. The summed E-state index contributed by atoms with van der Waals surface area (Å²) >= 11 is 0. The van der Waals surface area contributed by atoms with Crippen molar-refractivity contribution in [3.63, 3.8) is 0 Å². The number of hydrogen-bond donors (Lipinski definition) is 2. The van der Waals surface area contributed by atoms with Gasteiger partial charge in [0.05, 0.1) is 12.1 Å². The number of benzene rings is 1. The second kappa shape index (κ2) is 5.90. The normalized spacial score (nSPS) is 11.5. The van der Waals surface area contributed by atoms with Gasteiger partial charge in [0.2, 0.25) is 0 Å². The second-order valence-electron chi connectivity index (χ2n) is 4.42. The van der Waals surface area contributed by atoms with E-state index in [0.717, 1.165) is 16.5 Å². The van der Waals surface area contributed by atoms with Crippen molar-refractivity contribution in [3.8, 4) is 0 Å². The number of rotatable bonds is 5. The van der Waals surface area contributed by atoms with E-state index in [4.69, 9.17) is 5.84 Å². The largest absolute Gasteiger partial charge is 0.308 e. The van der Waals surface area contributed by atoms with Crippen LogP contribution in [-0.4, -0.2) is 29.9 Å². The molecule has 0 bridgehead atoms. The quantitative estimate of drug-likeness (QED) is 0.643. The molecule has 0 amide bonds. The van der Waals surface area contributed by atoms with Crippen LogP contribution < -0.4 is 11.3 Å². The van der Waals surface area contributed by atoms with Crippen LogP contribution in [0.2, 0.25) is 0 Å². The number of alkyl halides is 2. The Bertz CT molecular complexity index is 559. The molecule has 0 saturated carbocycles. The number of anilines is 1. The number of pyridine rings is 1. The van der Waals surface area contributed by atoms with Crippen molar-refractivity contribution in [2.75, 3.05) is 19.0 Å². The molecule has 3 N–H and O–H groups in total. The summed E-state index contributed by atoms with van der Waals surface area (Å²) in [6.45, 7) is 0.0819. The van der Waals surface area contributed by atoms with Gasteiger partial charge in [0.15, 0.2) is 0 Å². The van der Waals surface area contributed by atoms with Crippen LogP contribution in [0.25, 0.3) is 10.9 Å². The highest BCUT2D eigenvalue weighted by molar-refractivity contribution is 5.81. The van der Waals surface area contributed by atoms with E-state index in [1.54, 1.807) is 7.05 Å². The monoisotopic (exact) mass is 266 g/mol. The minimum atomic E-state index is -2.35. The molecule has 1 aromatic heterocycles. The van der Waals surface area contributed by atoms with Crippen molar-refractivity contribution in [2.24, 2.45) is 5.84 Å². The van der Waals surface area contributed by atoms with E-state index in [1.807, 2.05) is 30.3 Å². The van der Waals surface area contributed by atoms with Crippen molar-refractivity contribution in [2.45, 2.75) is 13.0 Å². The SMILES string of the molecule is CN(Cc1cc2ccccc2nc1NN)CC(F)F. The number of nitrogens with two attached hydrogens (primary N) is 1. The summed E-state index contributed by atoms with van der Waals surface area (Å²) in [5, 5.41) is 0.960. The van der Waals surface area contributed by atoms with Crippen molar-refractivity contribution >= 4 is 16.7 Å². The molecule has 0 spiro atoms. The molecular weight excluding hydrogens is 250 g/mol. The van der Waals surface area contributed by atoms with Crippen LogP contribution in [-0.2, 0) is 6.54 Å². The molecule has 0 aliphatic rings. The highest BCUT2D eigenvalue weighted by Gasteiger charge is 2.12. The van der Waals surface area contributed by atoms with Crippen LogP contribution in [0, 0.1) is 0 Å². The minimum absolute atomic E-state index is 0.281. The van der Waals surface area contributed by atoms with Crippen molar-refractivity contribution < 1.29 is 8.78 Å². The van der Waals surface area contributed by atoms with Gasteiger partial charge in [0, 0.05) is 17.5 Å². The Balaban J connectivity index is 2.30. The third-order valence-electron chi connectivity index (χ3n) is 2.83. The van der Waals surface area contributed by atoms with Gasteiger partial charge in [-0.1, -0.05) is 18.2 Å². The number of nitrogens with zero attached hydrogens (tertiary/aromatic N) is 2. The molecule has 1 aromatic carbocycles. The lowest BCUT2D eigenvalue weighted by Gasteiger charge is -2.18. The standard InChI is InChI=1S/C13H16F2N4/c1-19(8-12(14)15)7-10-6-9-4-2-3-5-11(9)17-13(10)18-16/h2-6,12H,7-8,16H2,1H3,(H,17,18). The molecule has 4 nitrogen and oxygen atoms in total. The number of hydrogen-bond acceptors (Lipinski definition) is 4. The van der Waals surface area contributed by atoms with E-state index in [9.17, 15) is 8.78 Å². The number of hydrazine groups is 1. The Kier molecular flexibility index (Phi) is 4.24. The molecule has 2 rings (SSSR count). The van der Waals surface area contributed by atoms with Crippen LogP contribution >= 0.6 is 0 Å². The first-order valence-corrected chi connectivity index (χ1v) is 5.92. The van der Waals surface area contributed by atoms with Gasteiger partial charge in [-0.05, 0) is 19.2 Å². The maximum absolute atomic E-state index is 12.3. The van der Waals surface area contributed by atoms with Gasteiger partial charge >= 0.3 is 0 Å². The van der Waals surface area contributed by atoms with E-state index in [2.05, 4.69) is 10.4 Å². The minimum Gasteiger partial charge on any atom is -0.308 e. The Labute approximate surface area is 110 Å². The lowest BCUT2D eigenvalue weighted by Crippen LogP contribution is -2.25. The van der Waals surface area contributed by atoms with E-state index >= 15 is 0 Å². The van der Waals surface area contributed by atoms with Gasteiger partial charge in [-0.2, -0.15) is 0 Å². The van der Waals surface area contributed by atoms with Gasteiger partial charge in [-0.3, -0.25) is 4.90 Å². The van der Waals surface area contributed by atoms with E-state index in [1.165, 1.54) is 4.90 Å². The van der Waals surface area contributed by atoms with Gasteiger partial charge in [-0.15, -0.1) is 0 Å². The lowest BCUT2D eigenvalue weighted by atomic mass is 10.1. The Morgan fingerprint density at radius 1 is 1.37 bits per heavy atom. The molecular formula is C13H16F2N4. The zero-order valence-electron chi connectivity index (χ0n) is 10.6. The van der Waals surface area contributed by atoms with E-state index in [-0.39, 0.29) is 6.54 Å². The average Bonchev–Trinajstić information content (AvgIpc) is 2.36. The van der Waals surface area contributed by atoms with Gasteiger partial charge in [-0.25, -0.2) is 19.6 Å². The molecule has 0 radical (unpaired) electrons. The topological polar surface area (TPSA) is 54.2 Å². The molecule has 19 heavy (non-hydrogen) atoms. The third kappa shape index (κ3) is 3.36. The molecule has 6 heteroatoms. The predicted molar refractivity (Wildman–Crippen MR) is 71.9 cm³/mol. The second-order valence-corrected chi connectivity index (χ2v) is 4.42. The molecule has 0 aliphatic carbocycles. The number of halogens is 2. The summed E-state index contributed by atoms with van der Waals surface area (Å²) in [6, 6.07) is 9.52. The van der Waals surface area contributed by atoms with Crippen LogP contribution in [0.1, 0.15) is 5.56 Å². The number of fused-ring (bicyclic) bond motifs is 1.